The predicted octanol–water partition coefficient (Wildman–Crippen LogP) is 4.31. The van der Waals surface area contributed by atoms with Crippen LogP contribution in [0.4, 0.5) is 26.3 Å². The number of alkyl halides is 6. The number of hydrogen-bond donors (Lipinski definition) is 2. The zero-order valence-electron chi connectivity index (χ0n) is 19.9. The molecule has 3 aromatic rings. The molecule has 0 aliphatic rings. The summed E-state index contributed by atoms with van der Waals surface area (Å²) in [6.45, 7) is -1.13. The molecular formula is C24H20ClF6N3O5. The molecule has 0 amide bonds. The summed E-state index contributed by atoms with van der Waals surface area (Å²) in [6.07, 6.45) is -13.7. The van der Waals surface area contributed by atoms with E-state index < -0.39 is 66.4 Å². The number of carbonyl (C=O) groups excluding carboxylic acids is 1. The van der Waals surface area contributed by atoms with Crippen LogP contribution < -0.4 is 5.69 Å². The molecule has 0 aliphatic heterocycles. The Hall–Kier alpha value is -3.65. The molecule has 1 aromatic heterocycles. The second-order valence-corrected chi connectivity index (χ2v) is 9.31. The number of rotatable bonds is 9. The van der Waals surface area contributed by atoms with E-state index in [9.17, 15) is 50.9 Å². The van der Waals surface area contributed by atoms with E-state index in [1.165, 1.54) is 24.3 Å². The predicted molar refractivity (Wildman–Crippen MR) is 125 cm³/mol. The van der Waals surface area contributed by atoms with E-state index in [-0.39, 0.29) is 22.0 Å². The van der Waals surface area contributed by atoms with E-state index in [4.69, 9.17) is 11.6 Å². The molecule has 1 heterocycles. The van der Waals surface area contributed by atoms with Gasteiger partial charge in [-0.3, -0.25) is 14.2 Å². The second-order valence-electron chi connectivity index (χ2n) is 8.87. The van der Waals surface area contributed by atoms with Gasteiger partial charge in [0, 0.05) is 17.0 Å². The van der Waals surface area contributed by atoms with Crippen LogP contribution in [0.1, 0.15) is 24.5 Å². The molecule has 0 saturated heterocycles. The molecule has 0 bridgehead atoms. The number of hydrogen-bond acceptors (Lipinski definition) is 5. The van der Waals surface area contributed by atoms with Crippen molar-refractivity contribution in [1.29, 1.82) is 0 Å². The number of carboxylic acid groups (broad SMARTS) is 1. The summed E-state index contributed by atoms with van der Waals surface area (Å²) in [6, 6.07) is 8.82. The molecule has 0 saturated carbocycles. The van der Waals surface area contributed by atoms with E-state index in [1.807, 2.05) is 0 Å². The SMILES string of the molecule is C[C@](CC(=O)Cn1nc(-c2ccc(Cl)cc2)n(C[C@H](O)C(F)(F)F)c1=O)(C(=O)O)c1cccc(C(F)(F)F)c1. The molecule has 0 spiro atoms. The van der Waals surface area contributed by atoms with Gasteiger partial charge in [-0.2, -0.15) is 26.3 Å². The first-order valence-electron chi connectivity index (χ1n) is 11.0. The average Bonchev–Trinajstić information content (AvgIpc) is 3.13. The Morgan fingerprint density at radius 1 is 1.03 bits per heavy atom. The summed E-state index contributed by atoms with van der Waals surface area (Å²) in [5.41, 5.74) is -4.70. The first kappa shape index (κ1) is 29.9. The summed E-state index contributed by atoms with van der Waals surface area (Å²) in [5.74, 6) is -2.92. The van der Waals surface area contributed by atoms with Crippen molar-refractivity contribution < 1.29 is 46.1 Å². The van der Waals surface area contributed by atoms with Gasteiger partial charge < -0.3 is 10.2 Å². The standard InChI is InChI=1S/C24H20ClF6N3O5/c1-22(20(37)38,14-3-2-4-15(9-14)23(26,27)28)10-17(35)11-34-21(39)33(12-18(36)24(29,30)31)19(32-34)13-5-7-16(25)8-6-13/h2-9,18,36H,10-12H2,1H3,(H,37,38)/t18-,22+/m0/s1. The lowest BCUT2D eigenvalue weighted by atomic mass is 9.77. The van der Waals surface area contributed by atoms with Crippen molar-refractivity contribution in [3.05, 3.63) is 75.2 Å². The number of benzene rings is 2. The number of halogens is 7. The Morgan fingerprint density at radius 2 is 1.62 bits per heavy atom. The van der Waals surface area contributed by atoms with Crippen LogP contribution in [0.15, 0.2) is 53.3 Å². The highest BCUT2D eigenvalue weighted by molar-refractivity contribution is 6.30. The van der Waals surface area contributed by atoms with Crippen molar-refractivity contribution in [3.63, 3.8) is 0 Å². The topological polar surface area (TPSA) is 114 Å². The minimum atomic E-state index is -5.08. The Kier molecular flexibility index (Phi) is 8.32. The fourth-order valence-corrected chi connectivity index (χ4v) is 3.88. The molecule has 0 radical (unpaired) electrons. The Labute approximate surface area is 221 Å². The van der Waals surface area contributed by atoms with Crippen LogP contribution in [0.5, 0.6) is 0 Å². The fraction of sp³-hybridized carbons (Fsp3) is 0.333. The maximum atomic E-state index is 13.2. The molecule has 0 aliphatic carbocycles. The highest BCUT2D eigenvalue weighted by Gasteiger charge is 2.41. The third-order valence-corrected chi connectivity index (χ3v) is 6.19. The van der Waals surface area contributed by atoms with Crippen molar-refractivity contribution in [3.8, 4) is 11.4 Å². The summed E-state index contributed by atoms with van der Waals surface area (Å²) in [5, 5.41) is 23.5. The van der Waals surface area contributed by atoms with Crippen LogP contribution in [0.2, 0.25) is 5.02 Å². The van der Waals surface area contributed by atoms with Gasteiger partial charge >= 0.3 is 24.0 Å². The number of carboxylic acids is 1. The van der Waals surface area contributed by atoms with E-state index in [2.05, 4.69) is 5.10 Å². The molecule has 3 rings (SSSR count). The first-order chi connectivity index (χ1) is 17.9. The number of aromatic nitrogens is 3. The summed E-state index contributed by atoms with van der Waals surface area (Å²) >= 11 is 5.82. The van der Waals surface area contributed by atoms with Crippen LogP contribution >= 0.6 is 11.6 Å². The Morgan fingerprint density at radius 3 is 2.15 bits per heavy atom. The smallest absolute Gasteiger partial charge is 0.416 e. The fourth-order valence-electron chi connectivity index (χ4n) is 3.75. The van der Waals surface area contributed by atoms with Gasteiger partial charge in [-0.05, 0) is 42.8 Å². The van der Waals surface area contributed by atoms with Gasteiger partial charge in [0.1, 0.15) is 6.54 Å². The normalized spacial score (nSPS) is 14.6. The van der Waals surface area contributed by atoms with Crippen molar-refractivity contribution in [2.24, 2.45) is 0 Å². The number of nitrogens with zero attached hydrogens (tertiary/aromatic N) is 3. The van der Waals surface area contributed by atoms with Crippen molar-refractivity contribution in [2.75, 3.05) is 0 Å². The highest BCUT2D eigenvalue weighted by atomic mass is 35.5. The van der Waals surface area contributed by atoms with E-state index in [0.717, 1.165) is 25.1 Å². The Balaban J connectivity index is 1.98. The third kappa shape index (κ3) is 6.68. The van der Waals surface area contributed by atoms with Crippen LogP contribution in [-0.2, 0) is 34.3 Å². The van der Waals surface area contributed by atoms with Gasteiger partial charge in [0.05, 0.1) is 17.5 Å². The highest BCUT2D eigenvalue weighted by Crippen LogP contribution is 2.35. The number of aliphatic hydroxyl groups excluding tert-OH is 1. The van der Waals surface area contributed by atoms with Crippen molar-refractivity contribution in [2.45, 2.75) is 50.3 Å². The molecule has 2 atom stereocenters. The number of carbonyl (C=O) groups is 2. The minimum absolute atomic E-state index is 0.122. The molecule has 0 fully saturated rings. The monoisotopic (exact) mass is 579 g/mol. The number of ketones is 1. The lowest BCUT2D eigenvalue weighted by Crippen LogP contribution is -2.39. The van der Waals surface area contributed by atoms with E-state index >= 15 is 0 Å². The van der Waals surface area contributed by atoms with Crippen molar-refractivity contribution >= 4 is 23.4 Å². The zero-order chi connectivity index (χ0) is 29.3. The van der Waals surface area contributed by atoms with Gasteiger partial charge in [-0.15, -0.1) is 5.10 Å². The van der Waals surface area contributed by atoms with Gasteiger partial charge in [0.25, 0.3) is 0 Å². The summed E-state index contributed by atoms with van der Waals surface area (Å²) < 4.78 is 79.5. The maximum absolute atomic E-state index is 13.2. The molecule has 2 N–H and O–H groups in total. The first-order valence-corrected chi connectivity index (χ1v) is 11.4. The van der Waals surface area contributed by atoms with Gasteiger partial charge in [0.2, 0.25) is 0 Å². The molecule has 2 aromatic carbocycles. The van der Waals surface area contributed by atoms with Crippen LogP contribution in [0.3, 0.4) is 0 Å². The number of aliphatic hydroxyl groups is 1. The lowest BCUT2D eigenvalue weighted by molar-refractivity contribution is -0.207. The summed E-state index contributed by atoms with van der Waals surface area (Å²) in [4.78, 5) is 37.9. The second kappa shape index (κ2) is 10.8. The average molecular weight is 580 g/mol. The van der Waals surface area contributed by atoms with Gasteiger partial charge in [0.15, 0.2) is 17.7 Å². The molecule has 210 valence electrons. The minimum Gasteiger partial charge on any atom is -0.481 e. The van der Waals surface area contributed by atoms with Gasteiger partial charge in [-0.1, -0.05) is 29.8 Å². The molecule has 8 nitrogen and oxygen atoms in total. The molecule has 0 unspecified atom stereocenters. The third-order valence-electron chi connectivity index (χ3n) is 5.93. The van der Waals surface area contributed by atoms with Crippen LogP contribution in [-0.4, -0.2) is 48.6 Å². The van der Waals surface area contributed by atoms with Crippen LogP contribution in [0, 0.1) is 0 Å². The molecule has 39 heavy (non-hydrogen) atoms. The molecular weight excluding hydrogens is 560 g/mol. The molecule has 15 heteroatoms. The van der Waals surface area contributed by atoms with Crippen molar-refractivity contribution in [1.82, 2.24) is 14.3 Å². The zero-order valence-corrected chi connectivity index (χ0v) is 20.7. The number of aliphatic carboxylic acids is 1. The largest absolute Gasteiger partial charge is 0.481 e. The Bertz CT molecular complexity index is 1430. The van der Waals surface area contributed by atoms with E-state index in [1.54, 1.807) is 0 Å². The van der Waals surface area contributed by atoms with Crippen LogP contribution in [0.25, 0.3) is 11.4 Å². The van der Waals surface area contributed by atoms with Gasteiger partial charge in [-0.25, -0.2) is 9.48 Å². The quantitative estimate of drug-likeness (QED) is 0.365. The van der Waals surface area contributed by atoms with E-state index in [0.29, 0.717) is 15.3 Å². The maximum Gasteiger partial charge on any atom is 0.416 e. The summed E-state index contributed by atoms with van der Waals surface area (Å²) in [7, 11) is 0. The lowest BCUT2D eigenvalue weighted by Gasteiger charge is -2.25. The number of Topliss-reactive ketones (excluding diaryl/α,β-unsaturated/α-hetero) is 1.